The van der Waals surface area contributed by atoms with Crippen LogP contribution in [0.4, 0.5) is 0 Å². The van der Waals surface area contributed by atoms with Crippen molar-refractivity contribution in [3.63, 3.8) is 0 Å². The van der Waals surface area contributed by atoms with Gasteiger partial charge >= 0.3 is 0 Å². The molecule has 0 aromatic rings. The maximum atomic E-state index is 12.3. The molecule has 0 aromatic carbocycles. The van der Waals surface area contributed by atoms with Crippen LogP contribution >= 0.6 is 0 Å². The summed E-state index contributed by atoms with van der Waals surface area (Å²) in [7, 11) is -3.03. The zero-order chi connectivity index (χ0) is 16.2. The predicted molar refractivity (Wildman–Crippen MR) is 88.9 cm³/mol. The number of nitrogens with one attached hydrogen (secondary N) is 1. The van der Waals surface area contributed by atoms with Crippen molar-refractivity contribution in [2.75, 3.05) is 12.3 Å². The Bertz CT molecular complexity index is 382. The molecule has 0 radical (unpaired) electrons. The third kappa shape index (κ3) is 6.13. The number of rotatable bonds is 7. The van der Waals surface area contributed by atoms with E-state index in [-0.39, 0.29) is 16.7 Å². The molecule has 0 aliphatic carbocycles. The van der Waals surface area contributed by atoms with Crippen molar-refractivity contribution in [2.45, 2.75) is 84.9 Å². The van der Waals surface area contributed by atoms with Crippen molar-refractivity contribution in [3.8, 4) is 0 Å². The van der Waals surface area contributed by atoms with E-state index in [1.165, 1.54) is 0 Å². The van der Waals surface area contributed by atoms with Gasteiger partial charge in [-0.3, -0.25) is 0 Å². The molecule has 3 nitrogen and oxygen atoms in total. The van der Waals surface area contributed by atoms with Crippen LogP contribution in [0.25, 0.3) is 0 Å². The molecular formula is C16H35NO2S. The van der Waals surface area contributed by atoms with Gasteiger partial charge < -0.3 is 5.32 Å². The Hall–Kier alpha value is -0.0900. The van der Waals surface area contributed by atoms with Crippen LogP contribution in [-0.2, 0) is 9.84 Å². The molecule has 0 unspecified atom stereocenters. The smallest absolute Gasteiger partial charge is 0.155 e. The molecule has 0 spiro atoms. The van der Waals surface area contributed by atoms with Crippen LogP contribution in [0.5, 0.6) is 0 Å². The normalized spacial score (nSPS) is 14.6. The van der Waals surface area contributed by atoms with Gasteiger partial charge in [-0.1, -0.05) is 13.8 Å². The lowest BCUT2D eigenvalue weighted by Gasteiger charge is -2.36. The first kappa shape index (κ1) is 19.9. The van der Waals surface area contributed by atoms with Crippen LogP contribution in [0.1, 0.15) is 74.7 Å². The van der Waals surface area contributed by atoms with Crippen LogP contribution in [0, 0.1) is 5.41 Å². The first-order chi connectivity index (χ1) is 8.79. The fourth-order valence-corrected chi connectivity index (χ4v) is 3.37. The minimum atomic E-state index is -3.03. The van der Waals surface area contributed by atoms with Gasteiger partial charge in [0.15, 0.2) is 9.84 Å². The molecule has 0 saturated heterocycles. The number of hydrogen-bond acceptors (Lipinski definition) is 3. The van der Waals surface area contributed by atoms with E-state index in [1.54, 1.807) is 20.8 Å². The molecule has 0 rings (SSSR count). The van der Waals surface area contributed by atoms with Gasteiger partial charge in [0.2, 0.25) is 0 Å². The summed E-state index contributed by atoms with van der Waals surface area (Å²) in [5.41, 5.74) is 0.143. The maximum Gasteiger partial charge on any atom is 0.155 e. The third-order valence-electron chi connectivity index (χ3n) is 4.33. The van der Waals surface area contributed by atoms with Crippen molar-refractivity contribution in [3.05, 3.63) is 0 Å². The second kappa shape index (κ2) is 6.78. The molecule has 0 bridgehead atoms. The largest absolute Gasteiger partial charge is 0.312 e. The Balaban J connectivity index is 4.87. The van der Waals surface area contributed by atoms with Crippen molar-refractivity contribution in [1.29, 1.82) is 0 Å². The predicted octanol–water partition coefficient (Wildman–Crippen LogP) is 3.78. The second-order valence-electron chi connectivity index (χ2n) is 7.99. The van der Waals surface area contributed by atoms with Crippen LogP contribution in [-0.4, -0.2) is 31.0 Å². The first-order valence-electron chi connectivity index (χ1n) is 7.76. The van der Waals surface area contributed by atoms with Crippen molar-refractivity contribution in [1.82, 2.24) is 5.32 Å². The zero-order valence-electron chi connectivity index (χ0n) is 14.8. The standard InChI is InChI=1S/C16H35NO2S/c1-9-16(10-2,13-17-14(3,4)5)11-12-20(18,19)15(6,7)8/h17H,9-13H2,1-8H3. The van der Waals surface area contributed by atoms with Crippen LogP contribution in [0.2, 0.25) is 0 Å². The highest BCUT2D eigenvalue weighted by Crippen LogP contribution is 2.32. The quantitative estimate of drug-likeness (QED) is 0.778. The van der Waals surface area contributed by atoms with E-state index in [2.05, 4.69) is 39.9 Å². The van der Waals surface area contributed by atoms with Crippen LogP contribution in [0.3, 0.4) is 0 Å². The Morgan fingerprint density at radius 1 is 0.900 bits per heavy atom. The molecule has 0 fully saturated rings. The highest BCUT2D eigenvalue weighted by molar-refractivity contribution is 7.92. The maximum absolute atomic E-state index is 12.3. The molecule has 0 aliphatic heterocycles. The van der Waals surface area contributed by atoms with Gasteiger partial charge in [-0.2, -0.15) is 0 Å². The first-order valence-corrected chi connectivity index (χ1v) is 9.41. The van der Waals surface area contributed by atoms with E-state index < -0.39 is 14.6 Å². The van der Waals surface area contributed by atoms with Gasteiger partial charge in [0.25, 0.3) is 0 Å². The SMILES string of the molecule is CCC(CC)(CCS(=O)(=O)C(C)(C)C)CNC(C)(C)C. The molecule has 0 aromatic heterocycles. The van der Waals surface area contributed by atoms with E-state index >= 15 is 0 Å². The minimum absolute atomic E-state index is 0.0679. The van der Waals surface area contributed by atoms with Crippen LogP contribution in [0.15, 0.2) is 0 Å². The Morgan fingerprint density at radius 2 is 1.35 bits per heavy atom. The highest BCUT2D eigenvalue weighted by Gasteiger charge is 2.34. The number of hydrogen-bond donors (Lipinski definition) is 1. The van der Waals surface area contributed by atoms with Gasteiger partial charge in [0.05, 0.1) is 10.5 Å². The van der Waals surface area contributed by atoms with Crippen molar-refractivity contribution in [2.24, 2.45) is 5.41 Å². The molecular weight excluding hydrogens is 270 g/mol. The van der Waals surface area contributed by atoms with Gasteiger partial charge in [-0.05, 0) is 66.2 Å². The molecule has 0 atom stereocenters. The summed E-state index contributed by atoms with van der Waals surface area (Å²) < 4.78 is 24.0. The van der Waals surface area contributed by atoms with Crippen molar-refractivity contribution >= 4 is 9.84 Å². The Labute approximate surface area is 126 Å². The summed E-state index contributed by atoms with van der Waals surface area (Å²) in [5.74, 6) is 0.282. The van der Waals surface area contributed by atoms with Gasteiger partial charge in [0, 0.05) is 12.1 Å². The van der Waals surface area contributed by atoms with E-state index in [1.807, 2.05) is 0 Å². The zero-order valence-corrected chi connectivity index (χ0v) is 15.6. The fourth-order valence-electron chi connectivity index (χ4n) is 2.05. The Kier molecular flexibility index (Phi) is 6.75. The fraction of sp³-hybridized carbons (Fsp3) is 1.00. The summed E-state index contributed by atoms with van der Waals surface area (Å²) in [4.78, 5) is 0. The average molecular weight is 306 g/mol. The minimum Gasteiger partial charge on any atom is -0.312 e. The van der Waals surface area contributed by atoms with E-state index in [0.29, 0.717) is 0 Å². The molecule has 122 valence electrons. The highest BCUT2D eigenvalue weighted by atomic mass is 32.2. The molecule has 0 aliphatic rings. The van der Waals surface area contributed by atoms with Crippen LogP contribution < -0.4 is 5.32 Å². The van der Waals surface area contributed by atoms with Gasteiger partial charge in [0.1, 0.15) is 0 Å². The lowest BCUT2D eigenvalue weighted by Crippen LogP contribution is -2.44. The monoisotopic (exact) mass is 305 g/mol. The summed E-state index contributed by atoms with van der Waals surface area (Å²) in [5, 5.41) is 3.54. The van der Waals surface area contributed by atoms with Gasteiger partial charge in [-0.15, -0.1) is 0 Å². The molecule has 1 N–H and O–H groups in total. The Morgan fingerprint density at radius 3 is 1.65 bits per heavy atom. The molecule has 0 heterocycles. The third-order valence-corrected chi connectivity index (χ3v) is 6.94. The van der Waals surface area contributed by atoms with E-state index in [0.717, 1.165) is 25.8 Å². The topological polar surface area (TPSA) is 46.2 Å². The van der Waals surface area contributed by atoms with E-state index in [4.69, 9.17) is 0 Å². The van der Waals surface area contributed by atoms with E-state index in [9.17, 15) is 8.42 Å². The molecule has 4 heteroatoms. The second-order valence-corrected chi connectivity index (χ2v) is 10.9. The van der Waals surface area contributed by atoms with Gasteiger partial charge in [-0.25, -0.2) is 8.42 Å². The number of sulfone groups is 1. The lowest BCUT2D eigenvalue weighted by atomic mass is 9.79. The summed E-state index contributed by atoms with van der Waals surface area (Å²) in [6.45, 7) is 17.0. The molecule has 0 saturated carbocycles. The average Bonchev–Trinajstić information content (AvgIpc) is 2.27. The molecule has 0 amide bonds. The lowest BCUT2D eigenvalue weighted by molar-refractivity contribution is 0.214. The molecule has 20 heavy (non-hydrogen) atoms. The van der Waals surface area contributed by atoms with Crippen molar-refractivity contribution < 1.29 is 8.42 Å². The summed E-state index contributed by atoms with van der Waals surface area (Å²) in [6, 6.07) is 0. The summed E-state index contributed by atoms with van der Waals surface area (Å²) in [6.07, 6.45) is 2.75. The summed E-state index contributed by atoms with van der Waals surface area (Å²) >= 11 is 0.